The first kappa shape index (κ1) is 21.8. The zero-order chi connectivity index (χ0) is 23.5. The minimum absolute atomic E-state index is 0.0419. The molecule has 1 atom stereocenters. The lowest BCUT2D eigenvalue weighted by molar-refractivity contribution is -0.138. The van der Waals surface area contributed by atoms with Gasteiger partial charge in [0, 0.05) is 24.0 Å². The summed E-state index contributed by atoms with van der Waals surface area (Å²) in [5, 5.41) is 9.96. The normalized spacial score (nSPS) is 29.9. The van der Waals surface area contributed by atoms with Crippen LogP contribution in [0, 0.1) is 30.1 Å². The number of benzene rings is 1. The number of hydrogen-bond acceptors (Lipinski definition) is 7. The second kappa shape index (κ2) is 7.89. The molecule has 8 heteroatoms. The Kier molecular flexibility index (Phi) is 5.05. The zero-order valence-electron chi connectivity index (χ0n) is 19.6. The van der Waals surface area contributed by atoms with Crippen LogP contribution >= 0.6 is 11.3 Å². The number of nitrogens with zero attached hydrogens (tertiary/aromatic N) is 4. The number of methoxy groups -OCH3 is 1. The Bertz CT molecular complexity index is 1250. The Morgan fingerprint density at radius 2 is 2.03 bits per heavy atom. The summed E-state index contributed by atoms with van der Waals surface area (Å²) in [7, 11) is 1.77. The van der Waals surface area contributed by atoms with E-state index in [9.17, 15) is 4.79 Å². The Hall–Kier alpha value is -2.76. The van der Waals surface area contributed by atoms with Gasteiger partial charge in [-0.05, 0) is 75.1 Å². The van der Waals surface area contributed by atoms with Gasteiger partial charge in [0.1, 0.15) is 10.0 Å². The van der Waals surface area contributed by atoms with Crippen molar-refractivity contribution in [3.63, 3.8) is 0 Å². The molecule has 1 aromatic carbocycles. The minimum atomic E-state index is -1.01. The van der Waals surface area contributed by atoms with Crippen molar-refractivity contribution in [1.82, 2.24) is 15.1 Å². The van der Waals surface area contributed by atoms with Crippen molar-refractivity contribution in [1.29, 1.82) is 0 Å². The lowest BCUT2D eigenvalue weighted by Gasteiger charge is -2.45. The molecule has 2 heterocycles. The van der Waals surface area contributed by atoms with Gasteiger partial charge in [0.05, 0.1) is 12.6 Å². The highest BCUT2D eigenvalue weighted by Crippen LogP contribution is 2.62. The van der Waals surface area contributed by atoms with Gasteiger partial charge in [-0.2, -0.15) is 0 Å². The number of hydrogen-bond donors (Lipinski definition) is 1. The maximum absolute atomic E-state index is 14.3. The molecule has 3 aliphatic carbocycles. The predicted octanol–water partition coefficient (Wildman–Crippen LogP) is 3.29. The van der Waals surface area contributed by atoms with Gasteiger partial charge in [-0.3, -0.25) is 9.69 Å². The Morgan fingerprint density at radius 3 is 2.71 bits per heavy atom. The third-order valence-corrected chi connectivity index (χ3v) is 8.82. The lowest BCUT2D eigenvalue weighted by Crippen LogP contribution is -2.52. The number of fused-ring (bicyclic) bond motifs is 3. The fraction of sp³-hybridized carbons (Fsp3) is 0.538. The molecule has 1 unspecified atom stereocenters. The number of carbonyl (C=O) groups is 1. The molecular weight excluding hydrogens is 446 g/mol. The summed E-state index contributed by atoms with van der Waals surface area (Å²) in [5.74, 6) is 7.44. The average Bonchev–Trinajstić information content (AvgIpc) is 3.46. The number of ether oxygens (including phenoxy) is 1. The molecule has 0 bridgehead atoms. The summed E-state index contributed by atoms with van der Waals surface area (Å²) < 4.78 is 5.66. The third kappa shape index (κ3) is 3.29. The number of guanidine groups is 1. The topological polar surface area (TPSA) is 93.7 Å². The van der Waals surface area contributed by atoms with E-state index in [1.165, 1.54) is 29.7 Å². The largest absolute Gasteiger partial charge is 0.381 e. The summed E-state index contributed by atoms with van der Waals surface area (Å²) in [5.41, 5.74) is 8.28. The summed E-state index contributed by atoms with van der Waals surface area (Å²) in [4.78, 5) is 21.0. The molecular formula is C26H29N5O2S. The van der Waals surface area contributed by atoms with E-state index in [4.69, 9.17) is 15.5 Å². The molecule has 1 aromatic heterocycles. The van der Waals surface area contributed by atoms with Crippen molar-refractivity contribution in [3.8, 4) is 11.8 Å². The molecule has 0 saturated heterocycles. The maximum Gasteiger partial charge on any atom is 0.262 e. The zero-order valence-corrected chi connectivity index (χ0v) is 20.5. The van der Waals surface area contributed by atoms with Gasteiger partial charge >= 0.3 is 0 Å². The van der Waals surface area contributed by atoms with Crippen LogP contribution in [0.25, 0.3) is 0 Å². The maximum atomic E-state index is 14.3. The first-order valence-electron chi connectivity index (χ1n) is 12.1. The number of amides is 1. The summed E-state index contributed by atoms with van der Waals surface area (Å²) in [6, 6.07) is 6.35. The molecule has 4 aliphatic rings. The van der Waals surface area contributed by atoms with E-state index in [0.29, 0.717) is 12.5 Å². The highest BCUT2D eigenvalue weighted by molar-refractivity contribution is 7.11. The van der Waals surface area contributed by atoms with Gasteiger partial charge in [0.25, 0.3) is 5.91 Å². The molecule has 6 rings (SSSR count). The van der Waals surface area contributed by atoms with Crippen LogP contribution in [0.3, 0.4) is 0 Å². The van der Waals surface area contributed by atoms with Crippen LogP contribution in [0.15, 0.2) is 23.2 Å². The monoisotopic (exact) mass is 475 g/mol. The highest BCUT2D eigenvalue weighted by atomic mass is 32.1. The van der Waals surface area contributed by atoms with Crippen molar-refractivity contribution in [2.24, 2.45) is 22.1 Å². The fourth-order valence-corrected chi connectivity index (χ4v) is 6.74. The summed E-state index contributed by atoms with van der Waals surface area (Å²) in [6.45, 7) is 2.21. The van der Waals surface area contributed by atoms with E-state index in [1.54, 1.807) is 12.0 Å². The summed E-state index contributed by atoms with van der Waals surface area (Å²) >= 11 is 1.48. The fourth-order valence-electron chi connectivity index (χ4n) is 6.04. The van der Waals surface area contributed by atoms with Gasteiger partial charge in [-0.25, -0.2) is 4.99 Å². The van der Waals surface area contributed by atoms with Crippen LogP contribution in [-0.4, -0.2) is 40.2 Å². The molecule has 2 saturated carbocycles. The van der Waals surface area contributed by atoms with Crippen LogP contribution in [-0.2, 0) is 28.0 Å². The summed E-state index contributed by atoms with van der Waals surface area (Å²) in [6.07, 6.45) is 7.00. The van der Waals surface area contributed by atoms with Crippen LogP contribution in [0.4, 0.5) is 0 Å². The van der Waals surface area contributed by atoms with E-state index < -0.39 is 5.54 Å². The third-order valence-electron chi connectivity index (χ3n) is 7.99. The molecule has 2 fully saturated rings. The van der Waals surface area contributed by atoms with Crippen molar-refractivity contribution >= 4 is 23.2 Å². The smallest absolute Gasteiger partial charge is 0.262 e. The lowest BCUT2D eigenvalue weighted by atomic mass is 9.61. The molecule has 34 heavy (non-hydrogen) atoms. The molecule has 1 aliphatic heterocycles. The molecule has 2 aromatic rings. The first-order valence-corrected chi connectivity index (χ1v) is 12.9. The second-order valence-electron chi connectivity index (χ2n) is 10.1. The van der Waals surface area contributed by atoms with Crippen molar-refractivity contribution < 1.29 is 9.53 Å². The van der Waals surface area contributed by atoms with E-state index in [0.717, 1.165) is 53.2 Å². The van der Waals surface area contributed by atoms with Crippen molar-refractivity contribution in [3.05, 3.63) is 44.9 Å². The van der Waals surface area contributed by atoms with Gasteiger partial charge in [0.15, 0.2) is 11.5 Å². The van der Waals surface area contributed by atoms with Gasteiger partial charge in [-0.15, -0.1) is 10.2 Å². The number of nitrogens with two attached hydrogens (primary N) is 1. The molecule has 2 N–H and O–H groups in total. The average molecular weight is 476 g/mol. The van der Waals surface area contributed by atoms with Gasteiger partial charge < -0.3 is 10.5 Å². The van der Waals surface area contributed by atoms with Crippen molar-refractivity contribution in [2.75, 3.05) is 7.11 Å². The van der Waals surface area contributed by atoms with Gasteiger partial charge in [0.2, 0.25) is 0 Å². The SMILES string of the molecule is CO[C@H]1CC[C@]2(CC1)Cc1ccc(C#CC3CC3)cc1C21N=C(N)N(Cc2nnc(C)s2)C1=O. The molecule has 0 radical (unpaired) electrons. The quantitative estimate of drug-likeness (QED) is 0.688. The number of aryl methyl sites for hydroxylation is 1. The van der Waals surface area contributed by atoms with Crippen LogP contribution in [0.2, 0.25) is 0 Å². The van der Waals surface area contributed by atoms with Gasteiger partial charge in [-0.1, -0.05) is 29.2 Å². The molecule has 1 amide bonds. The Balaban J connectivity index is 1.44. The van der Waals surface area contributed by atoms with Crippen LogP contribution in [0.5, 0.6) is 0 Å². The van der Waals surface area contributed by atoms with E-state index in [2.05, 4.69) is 40.2 Å². The molecule has 7 nitrogen and oxygen atoms in total. The Morgan fingerprint density at radius 1 is 1.24 bits per heavy atom. The van der Waals surface area contributed by atoms with Crippen LogP contribution in [0.1, 0.15) is 65.2 Å². The number of rotatable bonds is 3. The number of aromatic nitrogens is 2. The molecule has 2 spiro atoms. The van der Waals surface area contributed by atoms with Crippen molar-refractivity contribution in [2.45, 2.75) is 70.1 Å². The van der Waals surface area contributed by atoms with E-state index in [1.807, 2.05) is 6.92 Å². The minimum Gasteiger partial charge on any atom is -0.381 e. The van der Waals surface area contributed by atoms with E-state index in [-0.39, 0.29) is 23.4 Å². The second-order valence-corrected chi connectivity index (χ2v) is 11.4. The predicted molar refractivity (Wildman–Crippen MR) is 130 cm³/mol. The standard InChI is InChI=1S/C26H29N5O2S/c1-16-29-30-22(34-16)15-31-23(32)26(28-24(31)27)21-13-18(6-5-17-3-4-17)7-8-19(21)14-25(26)11-9-20(33-2)10-12-25/h7-8,13,17,20H,3-4,9-12,14-15H2,1-2H3,(H2,27,28)/t20-,25-,26?. The first-order chi connectivity index (χ1) is 16.4. The highest BCUT2D eigenvalue weighted by Gasteiger charge is 2.66. The van der Waals surface area contributed by atoms with Crippen LogP contribution < -0.4 is 5.73 Å². The molecule has 176 valence electrons. The Labute approximate surface area is 203 Å². The number of aliphatic imine (C=N–C) groups is 1. The number of carbonyl (C=O) groups excluding carboxylic acids is 1. The van der Waals surface area contributed by atoms with E-state index >= 15 is 0 Å².